The van der Waals surface area contributed by atoms with E-state index in [4.69, 9.17) is 0 Å². The lowest BCUT2D eigenvalue weighted by Crippen LogP contribution is -2.59. The summed E-state index contributed by atoms with van der Waals surface area (Å²) in [7, 11) is 4.58. The lowest BCUT2D eigenvalue weighted by Gasteiger charge is -2.47. The second-order valence-corrected chi connectivity index (χ2v) is 6.65. The Morgan fingerprint density at radius 3 is 2.00 bits per heavy atom. The van der Waals surface area contributed by atoms with Gasteiger partial charge in [0.1, 0.15) is 0 Å². The van der Waals surface area contributed by atoms with Gasteiger partial charge < -0.3 is 10.2 Å². The molecular weight excluding hydrogens is 220 g/mol. The highest BCUT2D eigenvalue weighted by Crippen LogP contribution is 2.36. The lowest BCUT2D eigenvalue weighted by molar-refractivity contribution is 0.0713. The van der Waals surface area contributed by atoms with Crippen LogP contribution in [0.2, 0.25) is 0 Å². The van der Waals surface area contributed by atoms with Gasteiger partial charge in [0.15, 0.2) is 0 Å². The molecule has 2 heteroatoms. The Morgan fingerprint density at radius 2 is 1.61 bits per heavy atom. The fourth-order valence-corrected chi connectivity index (χ4v) is 3.66. The molecule has 0 amide bonds. The second kappa shape index (κ2) is 7.49. The first-order valence-corrected chi connectivity index (χ1v) is 7.93. The summed E-state index contributed by atoms with van der Waals surface area (Å²) in [4.78, 5) is 2.52. The average Bonchev–Trinajstić information content (AvgIpc) is 2.54. The van der Waals surface area contributed by atoms with Crippen LogP contribution in [0, 0.1) is 5.92 Å². The Morgan fingerprint density at radius 1 is 1.06 bits per heavy atom. The molecule has 1 N–H and O–H groups in total. The van der Waals surface area contributed by atoms with Crippen LogP contribution in [0.15, 0.2) is 0 Å². The Balaban J connectivity index is 2.89. The molecular formula is C16H34N2. The van der Waals surface area contributed by atoms with E-state index in [2.05, 4.69) is 45.1 Å². The van der Waals surface area contributed by atoms with Crippen molar-refractivity contribution in [2.45, 2.75) is 77.3 Å². The van der Waals surface area contributed by atoms with E-state index in [1.54, 1.807) is 0 Å². The highest BCUT2D eigenvalue weighted by molar-refractivity contribution is 4.99. The van der Waals surface area contributed by atoms with Crippen molar-refractivity contribution in [3.05, 3.63) is 0 Å². The maximum Gasteiger partial charge on any atom is 0.0356 e. The van der Waals surface area contributed by atoms with E-state index in [9.17, 15) is 0 Å². The van der Waals surface area contributed by atoms with Gasteiger partial charge in [-0.3, -0.25) is 0 Å². The van der Waals surface area contributed by atoms with E-state index in [0.717, 1.165) is 12.5 Å². The summed E-state index contributed by atoms with van der Waals surface area (Å²) in [5.74, 6) is 0.772. The third-order valence-electron chi connectivity index (χ3n) is 4.67. The summed E-state index contributed by atoms with van der Waals surface area (Å²) < 4.78 is 0. The largest absolute Gasteiger partial charge is 0.312 e. The monoisotopic (exact) mass is 254 g/mol. The van der Waals surface area contributed by atoms with Crippen molar-refractivity contribution in [3.63, 3.8) is 0 Å². The van der Waals surface area contributed by atoms with Crippen molar-refractivity contribution in [3.8, 4) is 0 Å². The van der Waals surface area contributed by atoms with Crippen LogP contribution in [0.5, 0.6) is 0 Å². The van der Waals surface area contributed by atoms with Crippen LogP contribution < -0.4 is 5.32 Å². The Bertz CT molecular complexity index is 215. The molecule has 1 saturated carbocycles. The summed E-state index contributed by atoms with van der Waals surface area (Å²) in [5.41, 5.74) is 0.386. The number of rotatable bonds is 6. The highest BCUT2D eigenvalue weighted by Gasteiger charge is 2.40. The Labute approximate surface area is 115 Å². The zero-order valence-corrected chi connectivity index (χ0v) is 13.3. The van der Waals surface area contributed by atoms with E-state index in [0.29, 0.717) is 11.6 Å². The van der Waals surface area contributed by atoms with Gasteiger partial charge >= 0.3 is 0 Å². The van der Waals surface area contributed by atoms with Gasteiger partial charge in [-0.05, 0) is 45.8 Å². The molecule has 1 atom stereocenters. The van der Waals surface area contributed by atoms with Gasteiger partial charge in [0.05, 0.1) is 0 Å². The molecule has 1 rings (SSSR count). The van der Waals surface area contributed by atoms with Gasteiger partial charge in [0.2, 0.25) is 0 Å². The van der Waals surface area contributed by atoms with Gasteiger partial charge in [-0.2, -0.15) is 0 Å². The van der Waals surface area contributed by atoms with Gasteiger partial charge in [-0.1, -0.05) is 46.5 Å². The molecule has 0 heterocycles. The molecule has 0 aromatic heterocycles. The minimum Gasteiger partial charge on any atom is -0.312 e. The van der Waals surface area contributed by atoms with Crippen LogP contribution in [-0.4, -0.2) is 37.1 Å². The molecule has 2 nitrogen and oxygen atoms in total. The van der Waals surface area contributed by atoms with Crippen LogP contribution in [0.3, 0.4) is 0 Å². The standard InChI is InChI=1S/C16H34N2/c1-6-17-15(13-14(2)3)16(18(4)5)11-9-7-8-10-12-16/h14-15,17H,6-13H2,1-5H3. The number of nitrogens with zero attached hydrogens (tertiary/aromatic N) is 1. The van der Waals surface area contributed by atoms with Crippen LogP contribution in [0.4, 0.5) is 0 Å². The normalized spacial score (nSPS) is 22.2. The topological polar surface area (TPSA) is 15.3 Å². The van der Waals surface area contributed by atoms with Crippen LogP contribution in [0.1, 0.15) is 65.7 Å². The summed E-state index contributed by atoms with van der Waals surface area (Å²) in [5, 5.41) is 3.79. The smallest absolute Gasteiger partial charge is 0.0356 e. The molecule has 0 radical (unpaired) electrons. The van der Waals surface area contributed by atoms with Crippen molar-refractivity contribution in [2.75, 3.05) is 20.6 Å². The first kappa shape index (κ1) is 16.0. The van der Waals surface area contributed by atoms with E-state index >= 15 is 0 Å². The number of hydrogen-bond acceptors (Lipinski definition) is 2. The van der Waals surface area contributed by atoms with Crippen molar-refractivity contribution < 1.29 is 0 Å². The molecule has 0 spiro atoms. The molecule has 0 aromatic rings. The van der Waals surface area contributed by atoms with Crippen LogP contribution >= 0.6 is 0 Å². The van der Waals surface area contributed by atoms with Gasteiger partial charge in [-0.15, -0.1) is 0 Å². The highest BCUT2D eigenvalue weighted by atomic mass is 15.2. The van der Waals surface area contributed by atoms with Crippen molar-refractivity contribution in [1.29, 1.82) is 0 Å². The molecule has 18 heavy (non-hydrogen) atoms. The molecule has 1 fully saturated rings. The van der Waals surface area contributed by atoms with E-state index < -0.39 is 0 Å². The Kier molecular flexibility index (Phi) is 6.65. The fraction of sp³-hybridized carbons (Fsp3) is 1.00. The van der Waals surface area contributed by atoms with Gasteiger partial charge in [0, 0.05) is 11.6 Å². The third kappa shape index (κ3) is 3.96. The van der Waals surface area contributed by atoms with Crippen molar-refractivity contribution >= 4 is 0 Å². The molecule has 1 aliphatic rings. The van der Waals surface area contributed by atoms with E-state index in [1.807, 2.05) is 0 Å². The second-order valence-electron chi connectivity index (χ2n) is 6.65. The first-order valence-electron chi connectivity index (χ1n) is 7.93. The van der Waals surface area contributed by atoms with E-state index in [1.165, 1.54) is 44.9 Å². The molecule has 0 bridgehead atoms. The first-order chi connectivity index (χ1) is 8.53. The minimum absolute atomic E-state index is 0.386. The fourth-order valence-electron chi connectivity index (χ4n) is 3.66. The molecule has 1 aliphatic carbocycles. The van der Waals surface area contributed by atoms with Crippen LogP contribution in [-0.2, 0) is 0 Å². The predicted octanol–water partition coefficient (Wildman–Crippen LogP) is 3.67. The number of hydrogen-bond donors (Lipinski definition) is 1. The van der Waals surface area contributed by atoms with Gasteiger partial charge in [0.25, 0.3) is 0 Å². The average molecular weight is 254 g/mol. The molecule has 1 unspecified atom stereocenters. The minimum atomic E-state index is 0.386. The third-order valence-corrected chi connectivity index (χ3v) is 4.67. The SMILES string of the molecule is CCNC(CC(C)C)C1(N(C)C)CCCCCC1. The van der Waals surface area contributed by atoms with Crippen molar-refractivity contribution in [2.24, 2.45) is 5.92 Å². The molecule has 108 valence electrons. The summed E-state index contributed by atoms with van der Waals surface area (Å²) >= 11 is 0. The van der Waals surface area contributed by atoms with Crippen LogP contribution in [0.25, 0.3) is 0 Å². The predicted molar refractivity (Wildman–Crippen MR) is 81.0 cm³/mol. The molecule has 0 aromatic carbocycles. The Hall–Kier alpha value is -0.0800. The number of likely N-dealkylation sites (N-methyl/N-ethyl adjacent to an activating group) is 2. The molecule has 0 saturated heterocycles. The van der Waals surface area contributed by atoms with Crippen molar-refractivity contribution in [1.82, 2.24) is 10.2 Å². The molecule has 0 aliphatic heterocycles. The van der Waals surface area contributed by atoms with Gasteiger partial charge in [-0.25, -0.2) is 0 Å². The quantitative estimate of drug-likeness (QED) is 0.728. The summed E-state index contributed by atoms with van der Waals surface area (Å²) in [6, 6.07) is 0.649. The maximum absolute atomic E-state index is 3.79. The lowest BCUT2D eigenvalue weighted by atomic mass is 9.78. The summed E-state index contributed by atoms with van der Waals surface area (Å²) in [6.45, 7) is 8.04. The van der Waals surface area contributed by atoms with E-state index in [-0.39, 0.29) is 0 Å². The zero-order valence-electron chi connectivity index (χ0n) is 13.3. The maximum atomic E-state index is 3.79. The number of nitrogens with one attached hydrogen (secondary N) is 1. The zero-order chi connectivity index (χ0) is 13.6. The summed E-state index contributed by atoms with van der Waals surface area (Å²) in [6.07, 6.45) is 9.68.